The Labute approximate surface area is 118 Å². The molecule has 1 aliphatic rings. The Bertz CT molecular complexity index is 532. The van der Waals surface area contributed by atoms with Gasteiger partial charge in [-0.3, -0.25) is 4.68 Å². The summed E-state index contributed by atoms with van der Waals surface area (Å²) in [6, 6.07) is 4.74. The van der Waals surface area contributed by atoms with Gasteiger partial charge >= 0.3 is 0 Å². The Morgan fingerprint density at radius 3 is 2.89 bits per heavy atom. The van der Waals surface area contributed by atoms with E-state index in [0.717, 1.165) is 5.69 Å². The fourth-order valence-electron chi connectivity index (χ4n) is 2.86. The maximum Gasteiger partial charge on any atom is 0.0861 e. The van der Waals surface area contributed by atoms with Gasteiger partial charge in [0.05, 0.1) is 11.7 Å². The van der Waals surface area contributed by atoms with Crippen LogP contribution in [0.15, 0.2) is 18.3 Å². The van der Waals surface area contributed by atoms with Crippen LogP contribution in [0.25, 0.3) is 0 Å². The fraction of sp³-hybridized carbons (Fsp3) is 0.533. The van der Waals surface area contributed by atoms with Crippen LogP contribution >= 0.6 is 11.3 Å². The summed E-state index contributed by atoms with van der Waals surface area (Å²) < 4.78 is 1.87. The van der Waals surface area contributed by atoms with Crippen LogP contribution < -0.4 is 5.32 Å². The van der Waals surface area contributed by atoms with Crippen LogP contribution in [0, 0.1) is 0 Å². The molecule has 0 amide bonds. The van der Waals surface area contributed by atoms with Crippen molar-refractivity contribution in [2.24, 2.45) is 7.05 Å². The molecule has 1 aliphatic carbocycles. The number of hydrogen-bond acceptors (Lipinski definition) is 3. The standard InChI is InChI=1S/C15H21N3S/c1-16-15(12-8-9-18(2)17-12)14-10-11-6-4-3-5-7-13(11)19-14/h8-10,15-16H,3-7H2,1-2H3. The van der Waals surface area contributed by atoms with Gasteiger partial charge in [-0.25, -0.2) is 0 Å². The van der Waals surface area contributed by atoms with Crippen LogP contribution in [-0.2, 0) is 19.9 Å². The number of rotatable bonds is 3. The second-order valence-corrected chi connectivity index (χ2v) is 6.46. The Morgan fingerprint density at radius 1 is 1.32 bits per heavy atom. The maximum absolute atomic E-state index is 4.54. The van der Waals surface area contributed by atoms with Gasteiger partial charge in [0.25, 0.3) is 0 Å². The first-order chi connectivity index (χ1) is 9.28. The fourth-order valence-corrected chi connectivity index (χ4v) is 4.24. The Kier molecular flexibility index (Phi) is 3.71. The van der Waals surface area contributed by atoms with Gasteiger partial charge in [0, 0.05) is 23.0 Å². The minimum absolute atomic E-state index is 0.234. The number of thiophene rings is 1. The van der Waals surface area contributed by atoms with Crippen LogP contribution in [0.3, 0.4) is 0 Å². The lowest BCUT2D eigenvalue weighted by atomic mass is 10.1. The van der Waals surface area contributed by atoms with Crippen molar-refractivity contribution in [2.45, 2.75) is 38.1 Å². The normalized spacial score (nSPS) is 16.9. The van der Waals surface area contributed by atoms with E-state index in [9.17, 15) is 0 Å². The Balaban J connectivity index is 1.91. The number of nitrogens with zero attached hydrogens (tertiary/aromatic N) is 2. The van der Waals surface area contributed by atoms with Gasteiger partial charge in [0.1, 0.15) is 0 Å². The minimum atomic E-state index is 0.234. The van der Waals surface area contributed by atoms with Gasteiger partial charge in [0.15, 0.2) is 0 Å². The third kappa shape index (κ3) is 2.60. The number of fused-ring (bicyclic) bond motifs is 1. The molecule has 19 heavy (non-hydrogen) atoms. The van der Waals surface area contributed by atoms with E-state index in [1.54, 1.807) is 10.4 Å². The molecular weight excluding hydrogens is 254 g/mol. The first-order valence-corrected chi connectivity index (χ1v) is 7.88. The third-order valence-electron chi connectivity index (χ3n) is 3.87. The SMILES string of the molecule is CNC(c1ccn(C)n1)c1cc2c(s1)CCCCC2. The zero-order chi connectivity index (χ0) is 13.2. The topological polar surface area (TPSA) is 29.9 Å². The van der Waals surface area contributed by atoms with Gasteiger partial charge < -0.3 is 5.32 Å². The number of hydrogen-bond donors (Lipinski definition) is 1. The van der Waals surface area contributed by atoms with E-state index in [1.165, 1.54) is 37.0 Å². The van der Waals surface area contributed by atoms with E-state index in [1.807, 2.05) is 36.3 Å². The van der Waals surface area contributed by atoms with E-state index in [4.69, 9.17) is 0 Å². The average Bonchev–Trinajstić information content (AvgIpc) is 2.93. The van der Waals surface area contributed by atoms with E-state index < -0.39 is 0 Å². The van der Waals surface area contributed by atoms with E-state index >= 15 is 0 Å². The van der Waals surface area contributed by atoms with Crippen molar-refractivity contribution in [1.29, 1.82) is 0 Å². The van der Waals surface area contributed by atoms with Crippen molar-refractivity contribution in [1.82, 2.24) is 15.1 Å². The smallest absolute Gasteiger partial charge is 0.0861 e. The molecule has 0 aliphatic heterocycles. The molecule has 2 aromatic rings. The van der Waals surface area contributed by atoms with Crippen molar-refractivity contribution in [3.05, 3.63) is 39.3 Å². The van der Waals surface area contributed by atoms with Crippen LogP contribution in [0.4, 0.5) is 0 Å². The largest absolute Gasteiger partial charge is 0.307 e. The minimum Gasteiger partial charge on any atom is -0.307 e. The molecule has 2 aromatic heterocycles. The number of aryl methyl sites for hydroxylation is 3. The van der Waals surface area contributed by atoms with Crippen molar-refractivity contribution in [3.8, 4) is 0 Å². The molecule has 0 spiro atoms. The molecule has 1 atom stereocenters. The van der Waals surface area contributed by atoms with E-state index in [2.05, 4.69) is 22.5 Å². The summed E-state index contributed by atoms with van der Waals surface area (Å²) in [5.41, 5.74) is 2.69. The van der Waals surface area contributed by atoms with Crippen molar-refractivity contribution in [3.63, 3.8) is 0 Å². The van der Waals surface area contributed by atoms with Gasteiger partial charge in [-0.15, -0.1) is 11.3 Å². The molecule has 0 saturated carbocycles. The molecule has 0 bridgehead atoms. The van der Waals surface area contributed by atoms with Crippen LogP contribution in [0.2, 0.25) is 0 Å². The molecule has 4 heteroatoms. The van der Waals surface area contributed by atoms with Crippen LogP contribution in [0.1, 0.15) is 46.3 Å². The highest BCUT2D eigenvalue weighted by molar-refractivity contribution is 7.12. The quantitative estimate of drug-likeness (QED) is 0.873. The van der Waals surface area contributed by atoms with Gasteiger partial charge in [-0.05, 0) is 50.4 Å². The van der Waals surface area contributed by atoms with Crippen LogP contribution in [0.5, 0.6) is 0 Å². The summed E-state index contributed by atoms with van der Waals surface area (Å²) in [6.07, 6.45) is 8.60. The monoisotopic (exact) mass is 275 g/mol. The zero-order valence-electron chi connectivity index (χ0n) is 11.6. The molecule has 1 N–H and O–H groups in total. The van der Waals surface area contributed by atoms with Gasteiger partial charge in [-0.1, -0.05) is 6.42 Å². The average molecular weight is 275 g/mol. The molecule has 1 unspecified atom stereocenters. The summed E-state index contributed by atoms with van der Waals surface area (Å²) in [6.45, 7) is 0. The lowest BCUT2D eigenvalue weighted by Gasteiger charge is -2.11. The summed E-state index contributed by atoms with van der Waals surface area (Å²) in [5.74, 6) is 0. The summed E-state index contributed by atoms with van der Waals surface area (Å²) >= 11 is 1.97. The van der Waals surface area contributed by atoms with Gasteiger partial charge in [0.2, 0.25) is 0 Å². The molecule has 3 rings (SSSR count). The van der Waals surface area contributed by atoms with Crippen molar-refractivity contribution < 1.29 is 0 Å². The summed E-state index contributed by atoms with van der Waals surface area (Å²) in [5, 5.41) is 7.95. The van der Waals surface area contributed by atoms with Crippen molar-refractivity contribution >= 4 is 11.3 Å². The molecule has 0 fully saturated rings. The number of nitrogens with one attached hydrogen (secondary N) is 1. The highest BCUT2D eigenvalue weighted by atomic mass is 32.1. The molecule has 2 heterocycles. The van der Waals surface area contributed by atoms with Gasteiger partial charge in [-0.2, -0.15) is 5.10 Å². The highest BCUT2D eigenvalue weighted by Crippen LogP contribution is 2.34. The predicted octanol–water partition coefficient (Wildman–Crippen LogP) is 3.06. The molecule has 0 radical (unpaired) electrons. The molecule has 3 nitrogen and oxygen atoms in total. The van der Waals surface area contributed by atoms with Crippen LogP contribution in [-0.4, -0.2) is 16.8 Å². The molecule has 0 aromatic carbocycles. The van der Waals surface area contributed by atoms with E-state index in [-0.39, 0.29) is 6.04 Å². The third-order valence-corrected chi connectivity index (χ3v) is 5.17. The molecule has 102 valence electrons. The highest BCUT2D eigenvalue weighted by Gasteiger charge is 2.20. The Morgan fingerprint density at radius 2 is 2.16 bits per heavy atom. The lowest BCUT2D eigenvalue weighted by Crippen LogP contribution is -2.17. The van der Waals surface area contributed by atoms with Crippen molar-refractivity contribution in [2.75, 3.05) is 7.05 Å². The maximum atomic E-state index is 4.54. The molecule has 0 saturated heterocycles. The zero-order valence-corrected chi connectivity index (χ0v) is 12.5. The summed E-state index contributed by atoms with van der Waals surface area (Å²) in [7, 11) is 3.99. The number of aromatic nitrogens is 2. The first kappa shape index (κ1) is 12.9. The predicted molar refractivity (Wildman–Crippen MR) is 79.7 cm³/mol. The first-order valence-electron chi connectivity index (χ1n) is 7.06. The lowest BCUT2D eigenvalue weighted by molar-refractivity contribution is 0.649. The molecular formula is C15H21N3S. The summed E-state index contributed by atoms with van der Waals surface area (Å²) in [4.78, 5) is 3.01. The second-order valence-electron chi connectivity index (χ2n) is 5.29. The second kappa shape index (κ2) is 5.47. The van der Waals surface area contributed by atoms with E-state index in [0.29, 0.717) is 0 Å². The Hall–Kier alpha value is -1.13.